The van der Waals surface area contributed by atoms with Crippen molar-refractivity contribution in [2.75, 3.05) is 19.0 Å². The predicted molar refractivity (Wildman–Crippen MR) is 83.6 cm³/mol. The van der Waals surface area contributed by atoms with Gasteiger partial charge in [0.2, 0.25) is 0 Å². The van der Waals surface area contributed by atoms with Crippen LogP contribution >= 0.6 is 0 Å². The van der Waals surface area contributed by atoms with Gasteiger partial charge in [0.1, 0.15) is 0 Å². The van der Waals surface area contributed by atoms with Gasteiger partial charge in [0, 0.05) is 31.3 Å². The van der Waals surface area contributed by atoms with Crippen LogP contribution in [0.1, 0.15) is 36.0 Å². The Bertz CT molecular complexity index is 629. The van der Waals surface area contributed by atoms with Crippen molar-refractivity contribution in [2.45, 2.75) is 36.2 Å². The molecular weight excluding hydrogens is 286 g/mol. The van der Waals surface area contributed by atoms with Crippen molar-refractivity contribution in [2.24, 2.45) is 5.92 Å². The fraction of sp³-hybridized carbons (Fsp3) is 0.562. The fourth-order valence-corrected chi connectivity index (χ4v) is 6.06. The van der Waals surface area contributed by atoms with E-state index < -0.39 is 9.84 Å². The average Bonchev–Trinajstić information content (AvgIpc) is 2.66. The second-order valence-electron chi connectivity index (χ2n) is 6.38. The predicted octanol–water partition coefficient (Wildman–Crippen LogP) is 2.29. The number of benzene rings is 1. The Morgan fingerprint density at radius 3 is 2.05 bits per heavy atom. The van der Waals surface area contributed by atoms with Gasteiger partial charge in [0.25, 0.3) is 0 Å². The minimum Gasteiger partial charge on any atom is -0.378 e. The van der Waals surface area contributed by atoms with Gasteiger partial charge < -0.3 is 4.90 Å². The lowest BCUT2D eigenvalue weighted by Gasteiger charge is -2.27. The number of fused-ring (bicyclic) bond motifs is 2. The highest BCUT2D eigenvalue weighted by molar-refractivity contribution is 7.93. The Labute approximate surface area is 126 Å². The normalized spacial score (nSPS) is 30.1. The molecule has 2 aliphatic heterocycles. The summed E-state index contributed by atoms with van der Waals surface area (Å²) in [5, 5.41) is -0.572. The van der Waals surface area contributed by atoms with Gasteiger partial charge in [0.05, 0.1) is 10.5 Å². The number of hydrogen-bond donors (Lipinski definition) is 0. The molecule has 2 unspecified atom stereocenters. The summed E-state index contributed by atoms with van der Waals surface area (Å²) in [6.07, 6.45) is 2.48. The van der Waals surface area contributed by atoms with Crippen molar-refractivity contribution in [1.29, 1.82) is 0 Å². The average molecular weight is 307 g/mol. The number of carbonyl (C=O) groups is 1. The first kappa shape index (κ1) is 14.6. The summed E-state index contributed by atoms with van der Waals surface area (Å²) in [5.41, 5.74) is 1.75. The SMILES string of the molecule is CN(C)c1ccc(C(=O)C2CC3CCC(C2)S3(=O)=O)cc1. The molecule has 2 saturated heterocycles. The second kappa shape index (κ2) is 5.13. The van der Waals surface area contributed by atoms with Gasteiger partial charge in [0.15, 0.2) is 15.6 Å². The third kappa shape index (κ3) is 2.48. The molecule has 0 spiro atoms. The number of rotatable bonds is 3. The molecule has 2 atom stereocenters. The highest BCUT2D eigenvalue weighted by atomic mass is 32.2. The standard InChI is InChI=1S/C16H21NO3S/c1-17(2)13-5-3-11(4-6-13)16(18)12-9-14-7-8-15(10-12)21(14,19)20/h3-6,12,14-15H,7-10H2,1-2H3. The highest BCUT2D eigenvalue weighted by Crippen LogP contribution is 2.42. The first-order chi connectivity index (χ1) is 9.89. The van der Waals surface area contributed by atoms with E-state index in [1.165, 1.54) is 0 Å². The van der Waals surface area contributed by atoms with Gasteiger partial charge >= 0.3 is 0 Å². The first-order valence-corrected chi connectivity index (χ1v) is 9.05. The zero-order valence-electron chi connectivity index (χ0n) is 12.5. The minimum absolute atomic E-state index is 0.104. The fourth-order valence-electron chi connectivity index (χ4n) is 3.58. The van der Waals surface area contributed by atoms with Crippen LogP contribution in [0.3, 0.4) is 0 Å². The molecule has 0 saturated carbocycles. The van der Waals surface area contributed by atoms with Crippen LogP contribution in [0.25, 0.3) is 0 Å². The molecule has 0 radical (unpaired) electrons. The van der Waals surface area contributed by atoms with Crippen molar-refractivity contribution in [1.82, 2.24) is 0 Å². The van der Waals surface area contributed by atoms with Crippen molar-refractivity contribution in [3.8, 4) is 0 Å². The maximum Gasteiger partial charge on any atom is 0.166 e. The van der Waals surface area contributed by atoms with E-state index in [1.54, 1.807) is 0 Å². The first-order valence-electron chi connectivity index (χ1n) is 7.44. The molecule has 21 heavy (non-hydrogen) atoms. The summed E-state index contributed by atoms with van der Waals surface area (Å²) in [6, 6.07) is 7.56. The molecule has 4 nitrogen and oxygen atoms in total. The molecule has 2 heterocycles. The van der Waals surface area contributed by atoms with Crippen molar-refractivity contribution in [3.63, 3.8) is 0 Å². The third-order valence-electron chi connectivity index (χ3n) is 4.87. The van der Waals surface area contributed by atoms with E-state index in [4.69, 9.17) is 0 Å². The molecule has 1 aromatic rings. The Morgan fingerprint density at radius 2 is 1.57 bits per heavy atom. The summed E-state index contributed by atoms with van der Waals surface area (Å²) in [7, 11) is 0.963. The van der Waals surface area contributed by atoms with E-state index in [2.05, 4.69) is 0 Å². The number of Topliss-reactive ketones (excluding diaryl/α,β-unsaturated/α-hetero) is 1. The van der Waals surface area contributed by atoms with E-state index in [0.717, 1.165) is 18.5 Å². The minimum atomic E-state index is -2.95. The number of carbonyl (C=O) groups excluding carboxylic acids is 1. The Balaban J connectivity index is 1.78. The molecule has 3 rings (SSSR count). The van der Waals surface area contributed by atoms with E-state index in [1.807, 2.05) is 43.3 Å². The third-order valence-corrected chi connectivity index (χ3v) is 7.59. The number of ketones is 1. The van der Waals surface area contributed by atoms with Crippen LogP contribution < -0.4 is 4.90 Å². The molecule has 0 aromatic heterocycles. The van der Waals surface area contributed by atoms with Crippen LogP contribution in [-0.2, 0) is 9.84 Å². The molecule has 2 aliphatic rings. The lowest BCUT2D eigenvalue weighted by atomic mass is 9.90. The van der Waals surface area contributed by atoms with Gasteiger partial charge in [-0.05, 0) is 49.9 Å². The smallest absolute Gasteiger partial charge is 0.166 e. The second-order valence-corrected chi connectivity index (χ2v) is 8.90. The van der Waals surface area contributed by atoms with E-state index in [0.29, 0.717) is 18.4 Å². The monoisotopic (exact) mass is 307 g/mol. The maximum absolute atomic E-state index is 12.6. The molecule has 5 heteroatoms. The van der Waals surface area contributed by atoms with Gasteiger partial charge in [-0.15, -0.1) is 0 Å². The number of nitrogens with zero attached hydrogens (tertiary/aromatic N) is 1. The summed E-state index contributed by atoms with van der Waals surface area (Å²) < 4.78 is 24.2. The van der Waals surface area contributed by atoms with Crippen molar-refractivity contribution >= 4 is 21.3 Å². The molecule has 1 aromatic carbocycles. The van der Waals surface area contributed by atoms with Gasteiger partial charge in [-0.1, -0.05) is 0 Å². The highest BCUT2D eigenvalue weighted by Gasteiger charge is 2.48. The molecule has 0 aliphatic carbocycles. The maximum atomic E-state index is 12.6. The van der Waals surface area contributed by atoms with Crippen LogP contribution in [0.15, 0.2) is 24.3 Å². The molecule has 2 bridgehead atoms. The molecule has 0 N–H and O–H groups in total. The summed E-state index contributed by atoms with van der Waals surface area (Å²) in [6.45, 7) is 0. The largest absolute Gasteiger partial charge is 0.378 e. The Morgan fingerprint density at radius 1 is 1.05 bits per heavy atom. The van der Waals surface area contributed by atoms with Gasteiger partial charge in [-0.2, -0.15) is 0 Å². The lowest BCUT2D eigenvalue weighted by Crippen LogP contribution is -2.36. The molecule has 2 fully saturated rings. The van der Waals surface area contributed by atoms with E-state index in [-0.39, 0.29) is 22.2 Å². The summed E-state index contributed by atoms with van der Waals surface area (Å²) in [4.78, 5) is 14.6. The van der Waals surface area contributed by atoms with E-state index >= 15 is 0 Å². The quantitative estimate of drug-likeness (QED) is 0.804. The Hall–Kier alpha value is -1.36. The van der Waals surface area contributed by atoms with Crippen LogP contribution in [0.2, 0.25) is 0 Å². The van der Waals surface area contributed by atoms with Gasteiger partial charge in [-0.25, -0.2) is 8.42 Å². The van der Waals surface area contributed by atoms with E-state index in [9.17, 15) is 13.2 Å². The van der Waals surface area contributed by atoms with Crippen molar-refractivity contribution in [3.05, 3.63) is 29.8 Å². The van der Waals surface area contributed by atoms with Crippen LogP contribution in [0.5, 0.6) is 0 Å². The summed E-state index contributed by atoms with van der Waals surface area (Å²) >= 11 is 0. The van der Waals surface area contributed by atoms with Gasteiger partial charge in [-0.3, -0.25) is 4.79 Å². The zero-order valence-corrected chi connectivity index (χ0v) is 13.3. The van der Waals surface area contributed by atoms with Crippen LogP contribution in [0.4, 0.5) is 5.69 Å². The molecule has 0 amide bonds. The number of anilines is 1. The van der Waals surface area contributed by atoms with Crippen LogP contribution in [-0.4, -0.2) is 38.8 Å². The molecular formula is C16H21NO3S. The number of sulfone groups is 1. The summed E-state index contributed by atoms with van der Waals surface area (Å²) in [5.74, 6) is -0.0247. The van der Waals surface area contributed by atoms with Crippen LogP contribution in [0, 0.1) is 5.92 Å². The topological polar surface area (TPSA) is 54.5 Å². The molecule has 114 valence electrons. The zero-order chi connectivity index (χ0) is 15.2. The lowest BCUT2D eigenvalue weighted by molar-refractivity contribution is 0.0905. The Kier molecular flexibility index (Phi) is 3.56. The van der Waals surface area contributed by atoms with Crippen molar-refractivity contribution < 1.29 is 13.2 Å². The number of hydrogen-bond acceptors (Lipinski definition) is 4.